The van der Waals surface area contributed by atoms with Gasteiger partial charge in [-0.1, -0.05) is 0 Å². The molecule has 1 aromatic heterocycles. The van der Waals surface area contributed by atoms with Crippen LogP contribution < -0.4 is 10.6 Å². The third kappa shape index (κ3) is 4.96. The van der Waals surface area contributed by atoms with Gasteiger partial charge in [-0.05, 0) is 13.3 Å². The van der Waals surface area contributed by atoms with Crippen molar-refractivity contribution in [3.8, 4) is 0 Å². The molecule has 8 heteroatoms. The fourth-order valence-electron chi connectivity index (χ4n) is 1.12. The minimum Gasteiger partial charge on any atom is -0.480 e. The monoisotopic (exact) mass is 241 g/mol. The van der Waals surface area contributed by atoms with Crippen molar-refractivity contribution in [1.82, 2.24) is 25.8 Å². The number of aromatic nitrogens is 3. The first-order valence-corrected chi connectivity index (χ1v) is 5.21. The lowest BCUT2D eigenvalue weighted by Crippen LogP contribution is -2.44. The highest BCUT2D eigenvalue weighted by molar-refractivity contribution is 5.82. The van der Waals surface area contributed by atoms with Crippen molar-refractivity contribution in [3.05, 3.63) is 12.2 Å². The first kappa shape index (κ1) is 12.9. The maximum absolute atomic E-state index is 11.2. The van der Waals surface area contributed by atoms with Crippen molar-refractivity contribution >= 4 is 12.0 Å². The van der Waals surface area contributed by atoms with Crippen molar-refractivity contribution in [3.63, 3.8) is 0 Å². The summed E-state index contributed by atoms with van der Waals surface area (Å²) < 4.78 is 0. The van der Waals surface area contributed by atoms with Gasteiger partial charge >= 0.3 is 12.0 Å². The molecule has 0 aromatic carbocycles. The maximum atomic E-state index is 11.2. The Balaban J connectivity index is 2.10. The summed E-state index contributed by atoms with van der Waals surface area (Å²) in [7, 11) is 0. The number of carbonyl (C=O) groups is 2. The average molecular weight is 241 g/mol. The first-order valence-electron chi connectivity index (χ1n) is 5.21. The van der Waals surface area contributed by atoms with Crippen LogP contribution in [-0.2, 0) is 11.2 Å². The lowest BCUT2D eigenvalue weighted by molar-refractivity contribution is -0.138. The van der Waals surface area contributed by atoms with Crippen molar-refractivity contribution in [1.29, 1.82) is 0 Å². The van der Waals surface area contributed by atoms with Gasteiger partial charge in [0.2, 0.25) is 0 Å². The Morgan fingerprint density at radius 3 is 2.94 bits per heavy atom. The molecular weight excluding hydrogens is 226 g/mol. The summed E-state index contributed by atoms with van der Waals surface area (Å²) in [5.41, 5.74) is 0. The van der Waals surface area contributed by atoms with E-state index in [-0.39, 0.29) is 0 Å². The summed E-state index contributed by atoms with van der Waals surface area (Å²) >= 11 is 0. The molecular formula is C9H15N5O3. The molecule has 0 aliphatic rings. The predicted octanol–water partition coefficient (Wildman–Crippen LogP) is -0.490. The van der Waals surface area contributed by atoms with Crippen molar-refractivity contribution < 1.29 is 14.7 Å². The van der Waals surface area contributed by atoms with E-state index in [0.29, 0.717) is 19.4 Å². The van der Waals surface area contributed by atoms with Gasteiger partial charge < -0.3 is 15.7 Å². The topological polar surface area (TPSA) is 120 Å². The Hall–Kier alpha value is -2.12. The fourth-order valence-corrected chi connectivity index (χ4v) is 1.12. The van der Waals surface area contributed by atoms with Crippen LogP contribution in [0.1, 0.15) is 19.2 Å². The Bertz CT molecular complexity index is 365. The van der Waals surface area contributed by atoms with E-state index in [1.54, 1.807) is 0 Å². The normalized spacial score (nSPS) is 11.8. The van der Waals surface area contributed by atoms with E-state index in [0.717, 1.165) is 5.82 Å². The number of rotatable bonds is 6. The Kier molecular flexibility index (Phi) is 4.92. The molecule has 2 amide bonds. The summed E-state index contributed by atoms with van der Waals surface area (Å²) in [5.74, 6) is -0.312. The summed E-state index contributed by atoms with van der Waals surface area (Å²) in [6.07, 6.45) is 2.79. The largest absolute Gasteiger partial charge is 0.480 e. The number of aliphatic carboxylic acids is 1. The molecule has 1 atom stereocenters. The number of hydrogen-bond acceptors (Lipinski definition) is 4. The first-order chi connectivity index (χ1) is 8.09. The van der Waals surface area contributed by atoms with Crippen LogP contribution in [0.4, 0.5) is 4.79 Å². The molecule has 0 aliphatic carbocycles. The zero-order valence-electron chi connectivity index (χ0n) is 9.43. The van der Waals surface area contributed by atoms with Gasteiger partial charge in [0.15, 0.2) is 0 Å². The molecule has 0 saturated carbocycles. The number of carboxylic acids is 1. The van der Waals surface area contributed by atoms with Crippen molar-refractivity contribution in [2.24, 2.45) is 0 Å². The average Bonchev–Trinajstić information content (AvgIpc) is 2.77. The molecule has 8 nitrogen and oxygen atoms in total. The lowest BCUT2D eigenvalue weighted by atomic mass is 10.3. The van der Waals surface area contributed by atoms with Crippen LogP contribution in [-0.4, -0.2) is 44.9 Å². The lowest BCUT2D eigenvalue weighted by Gasteiger charge is -2.10. The van der Waals surface area contributed by atoms with Crippen molar-refractivity contribution in [2.75, 3.05) is 6.54 Å². The summed E-state index contributed by atoms with van der Waals surface area (Å²) in [6.45, 7) is 1.84. The van der Waals surface area contributed by atoms with Gasteiger partial charge in [-0.25, -0.2) is 9.78 Å². The smallest absolute Gasteiger partial charge is 0.325 e. The molecule has 0 radical (unpaired) electrons. The van der Waals surface area contributed by atoms with Gasteiger partial charge in [-0.2, -0.15) is 5.10 Å². The number of aryl methyl sites for hydroxylation is 1. The molecule has 1 aromatic rings. The standard InChI is InChI=1S/C9H15N5O3/c1-6(8(15)16)13-9(17)10-4-2-3-7-11-5-12-14-7/h5-6H,2-4H2,1H3,(H,15,16)(H2,10,13,17)(H,11,12,14)/t6-/m0/s1. The molecule has 4 N–H and O–H groups in total. The van der Waals surface area contributed by atoms with Crippen LogP contribution in [0.25, 0.3) is 0 Å². The summed E-state index contributed by atoms with van der Waals surface area (Å²) in [5, 5.41) is 19.8. The molecule has 0 aliphatic heterocycles. The van der Waals surface area contributed by atoms with Gasteiger partial charge in [0.05, 0.1) is 0 Å². The zero-order valence-corrected chi connectivity index (χ0v) is 9.43. The number of carboxylic acid groups (broad SMARTS) is 1. The van der Waals surface area contributed by atoms with Crippen LogP contribution in [0.15, 0.2) is 6.33 Å². The highest BCUT2D eigenvalue weighted by Gasteiger charge is 2.12. The molecule has 1 heterocycles. The molecule has 0 spiro atoms. The van der Waals surface area contributed by atoms with Gasteiger partial charge in [-0.15, -0.1) is 0 Å². The van der Waals surface area contributed by atoms with Crippen LogP contribution >= 0.6 is 0 Å². The van der Waals surface area contributed by atoms with E-state index in [1.807, 2.05) is 0 Å². The molecule has 0 fully saturated rings. The van der Waals surface area contributed by atoms with Crippen molar-refractivity contribution in [2.45, 2.75) is 25.8 Å². The number of nitrogens with zero attached hydrogens (tertiary/aromatic N) is 2. The van der Waals surface area contributed by atoms with Crippen LogP contribution in [0.5, 0.6) is 0 Å². The molecule has 1 rings (SSSR count). The highest BCUT2D eigenvalue weighted by Crippen LogP contribution is 1.91. The Morgan fingerprint density at radius 1 is 1.59 bits per heavy atom. The quantitative estimate of drug-likeness (QED) is 0.501. The minimum absolute atomic E-state index is 0.443. The number of aromatic amines is 1. The Morgan fingerprint density at radius 2 is 2.35 bits per heavy atom. The van der Waals surface area contributed by atoms with E-state index >= 15 is 0 Å². The van der Waals surface area contributed by atoms with Gasteiger partial charge in [0, 0.05) is 13.0 Å². The number of hydrogen-bond donors (Lipinski definition) is 4. The van der Waals surface area contributed by atoms with E-state index in [4.69, 9.17) is 5.11 Å². The SMILES string of the molecule is C[C@H](NC(=O)NCCCc1ncn[nH]1)C(=O)O. The third-order valence-electron chi connectivity index (χ3n) is 2.06. The van der Waals surface area contributed by atoms with E-state index in [9.17, 15) is 9.59 Å². The highest BCUT2D eigenvalue weighted by atomic mass is 16.4. The summed E-state index contributed by atoms with van der Waals surface area (Å²) in [4.78, 5) is 25.6. The number of nitrogens with one attached hydrogen (secondary N) is 3. The number of amides is 2. The Labute approximate surface area is 97.8 Å². The molecule has 17 heavy (non-hydrogen) atoms. The minimum atomic E-state index is -1.07. The predicted molar refractivity (Wildman–Crippen MR) is 58.3 cm³/mol. The van der Waals surface area contributed by atoms with Crippen LogP contribution in [0.3, 0.4) is 0 Å². The second kappa shape index (κ2) is 6.46. The van der Waals surface area contributed by atoms with Crippen LogP contribution in [0.2, 0.25) is 0 Å². The fraction of sp³-hybridized carbons (Fsp3) is 0.556. The summed E-state index contributed by atoms with van der Waals surface area (Å²) in [6, 6.07) is -1.39. The number of H-pyrrole nitrogens is 1. The number of urea groups is 1. The molecule has 0 unspecified atom stereocenters. The van der Waals surface area contributed by atoms with E-state index in [2.05, 4.69) is 25.8 Å². The molecule has 0 bridgehead atoms. The van der Waals surface area contributed by atoms with Gasteiger partial charge in [0.25, 0.3) is 0 Å². The third-order valence-corrected chi connectivity index (χ3v) is 2.06. The molecule has 94 valence electrons. The van der Waals surface area contributed by atoms with Gasteiger partial charge in [-0.3, -0.25) is 9.89 Å². The maximum Gasteiger partial charge on any atom is 0.325 e. The second-order valence-corrected chi connectivity index (χ2v) is 3.50. The van der Waals surface area contributed by atoms with Gasteiger partial charge in [0.1, 0.15) is 18.2 Å². The zero-order chi connectivity index (χ0) is 12.7. The second-order valence-electron chi connectivity index (χ2n) is 3.50. The van der Waals surface area contributed by atoms with E-state index < -0.39 is 18.0 Å². The number of carbonyl (C=O) groups excluding carboxylic acids is 1. The molecule has 0 saturated heterocycles. The van der Waals surface area contributed by atoms with Crippen LogP contribution in [0, 0.1) is 0 Å². The van der Waals surface area contributed by atoms with E-state index in [1.165, 1.54) is 13.3 Å².